The second-order valence-electron chi connectivity index (χ2n) is 16.8. The van der Waals surface area contributed by atoms with Gasteiger partial charge in [-0.25, -0.2) is 0 Å². The van der Waals surface area contributed by atoms with Crippen LogP contribution in [0.25, 0.3) is 0 Å². The summed E-state index contributed by atoms with van der Waals surface area (Å²) in [7, 11) is 3.22. The van der Waals surface area contributed by atoms with Gasteiger partial charge in [-0.15, -0.1) is 0 Å². The second-order valence-corrected chi connectivity index (χ2v) is 16.8. The number of aliphatic hydroxyl groups excluding tert-OH is 1. The molecule has 0 aromatic heterocycles. The van der Waals surface area contributed by atoms with E-state index in [-0.39, 0.29) is 52.9 Å². The maximum absolute atomic E-state index is 12.1. The fraction of sp³-hybridized carbons (Fsp3) is 0.357. The minimum absolute atomic E-state index is 0.0357. The van der Waals surface area contributed by atoms with E-state index in [0.29, 0.717) is 0 Å². The van der Waals surface area contributed by atoms with Crippen LogP contribution in [0, 0.1) is 0 Å². The van der Waals surface area contributed by atoms with Crippen LogP contribution in [0.15, 0.2) is 176 Å². The van der Waals surface area contributed by atoms with Crippen molar-refractivity contribution in [3.8, 4) is 5.75 Å². The monoisotopic (exact) mass is 926 g/mol. The number of rotatable bonds is 24. The van der Waals surface area contributed by atoms with Crippen LogP contribution in [-0.2, 0) is 87.0 Å². The smallest absolute Gasteiger partial charge is 0.187 e. The molecule has 0 amide bonds. The summed E-state index contributed by atoms with van der Waals surface area (Å²) in [5.74, 6) is 0.746. The van der Waals surface area contributed by atoms with Gasteiger partial charge in [0, 0.05) is 7.11 Å². The Bertz CT molecular complexity index is 2290. The second kappa shape index (κ2) is 25.9. The predicted octanol–water partition coefficient (Wildman–Crippen LogP) is 8.61. The summed E-state index contributed by atoms with van der Waals surface area (Å²) in [5, 5.41) is 12.1. The first kappa shape index (κ1) is 49.1. The van der Waals surface area contributed by atoms with Crippen molar-refractivity contribution >= 4 is 0 Å². The summed E-state index contributed by atoms with van der Waals surface area (Å²) >= 11 is 0. The van der Waals surface area contributed by atoms with Crippen LogP contribution in [0.1, 0.15) is 33.4 Å². The molecule has 0 aliphatic carbocycles. The van der Waals surface area contributed by atoms with Gasteiger partial charge in [0.1, 0.15) is 54.6 Å². The van der Waals surface area contributed by atoms with Gasteiger partial charge in [0.05, 0.1) is 60.0 Å². The molecular weight excluding hydrogens is 865 g/mol. The highest BCUT2D eigenvalue weighted by molar-refractivity contribution is 5.27. The van der Waals surface area contributed by atoms with Crippen molar-refractivity contribution in [2.45, 2.75) is 101 Å². The molecule has 0 radical (unpaired) electrons. The average molecular weight is 927 g/mol. The predicted molar refractivity (Wildman–Crippen MR) is 254 cm³/mol. The van der Waals surface area contributed by atoms with Crippen LogP contribution < -0.4 is 4.74 Å². The maximum atomic E-state index is 12.1. The van der Waals surface area contributed by atoms with Crippen LogP contribution >= 0.6 is 0 Å². The molecule has 0 spiro atoms. The number of benzene rings is 6. The zero-order valence-corrected chi connectivity index (χ0v) is 38.6. The Labute approximate surface area is 399 Å². The summed E-state index contributed by atoms with van der Waals surface area (Å²) in [6, 6.07) is 57.1. The lowest BCUT2D eigenvalue weighted by molar-refractivity contribution is -0.348. The van der Waals surface area contributed by atoms with Gasteiger partial charge in [-0.3, -0.25) is 0 Å². The van der Waals surface area contributed by atoms with Crippen LogP contribution in [0.5, 0.6) is 5.75 Å². The molecule has 68 heavy (non-hydrogen) atoms. The molecule has 6 aromatic carbocycles. The van der Waals surface area contributed by atoms with E-state index in [0.717, 1.165) is 39.1 Å². The topological polar surface area (TPSA) is 122 Å². The summed E-state index contributed by atoms with van der Waals surface area (Å²) in [6.07, 6.45) is -8.62. The van der Waals surface area contributed by atoms with E-state index in [1.54, 1.807) is 14.2 Å². The molecule has 12 heteroatoms. The SMILES string of the molecule is COc1ccc(COC[C@H]2O[C@H](OC[C@H]3O[C@H](OC)[C@H](OCc4ccccc4)[C@@H](OCc4ccccc4)[C@@H]3OCc3ccccc3)[C@H](OCc3ccccc3)[C@@H](OCc3ccccc3)[C@@H]2O)cc1. The van der Waals surface area contributed by atoms with Crippen LogP contribution in [-0.4, -0.2) is 94.0 Å². The minimum Gasteiger partial charge on any atom is -0.497 e. The molecule has 10 atom stereocenters. The van der Waals surface area contributed by atoms with Crippen LogP contribution in [0.4, 0.5) is 0 Å². The summed E-state index contributed by atoms with van der Waals surface area (Å²) in [6.45, 7) is 1.51. The highest BCUT2D eigenvalue weighted by Crippen LogP contribution is 2.34. The van der Waals surface area contributed by atoms with Crippen molar-refractivity contribution in [1.29, 1.82) is 0 Å². The maximum Gasteiger partial charge on any atom is 0.187 e. The van der Waals surface area contributed by atoms with Gasteiger partial charge in [-0.1, -0.05) is 164 Å². The number of ether oxygens (including phenoxy) is 11. The van der Waals surface area contributed by atoms with Gasteiger partial charge < -0.3 is 57.2 Å². The molecule has 0 unspecified atom stereocenters. The number of hydrogen-bond donors (Lipinski definition) is 1. The molecule has 1 N–H and O–H groups in total. The van der Waals surface area contributed by atoms with E-state index < -0.39 is 61.4 Å². The zero-order valence-electron chi connectivity index (χ0n) is 38.6. The Morgan fingerprint density at radius 3 is 1.19 bits per heavy atom. The molecule has 6 aromatic rings. The number of hydrogen-bond acceptors (Lipinski definition) is 12. The zero-order chi connectivity index (χ0) is 46.8. The van der Waals surface area contributed by atoms with Crippen LogP contribution in [0.2, 0.25) is 0 Å². The molecule has 8 rings (SSSR count). The van der Waals surface area contributed by atoms with Crippen molar-refractivity contribution < 1.29 is 57.2 Å². The Morgan fingerprint density at radius 2 is 0.750 bits per heavy atom. The Hall–Kier alpha value is -5.32. The van der Waals surface area contributed by atoms with Gasteiger partial charge >= 0.3 is 0 Å². The van der Waals surface area contributed by atoms with Crippen molar-refractivity contribution in [3.63, 3.8) is 0 Å². The Kier molecular flexibility index (Phi) is 18.7. The molecule has 2 aliphatic rings. The van der Waals surface area contributed by atoms with Gasteiger partial charge in [-0.05, 0) is 45.5 Å². The lowest BCUT2D eigenvalue weighted by Gasteiger charge is -2.47. The van der Waals surface area contributed by atoms with E-state index in [1.807, 2.05) is 176 Å². The fourth-order valence-corrected chi connectivity index (χ4v) is 8.34. The van der Waals surface area contributed by atoms with Crippen LogP contribution in [0.3, 0.4) is 0 Å². The van der Waals surface area contributed by atoms with Crippen molar-refractivity contribution in [1.82, 2.24) is 0 Å². The molecule has 2 fully saturated rings. The molecule has 2 heterocycles. The standard InChI is InChI=1S/C56H62O12/c1-58-46-30-28-45(29-31-46)32-60-38-47-49(57)51(62-34-41-20-10-4-11-21-41)53(64-36-43-24-14-6-15-25-43)56(67-47)66-39-48-50(61-33-40-18-8-3-9-19-40)52(63-35-42-22-12-5-13-23-42)54(55(59-2)68-48)65-37-44-26-16-7-17-27-44/h3-31,47-57H,32-39H2,1-2H3/t47-,48-,49-,50-,51+,52+,53-,54-,55+,56+/m1/s1. The molecule has 0 bridgehead atoms. The van der Waals surface area contributed by atoms with Gasteiger partial charge in [0.15, 0.2) is 12.6 Å². The first-order valence-electron chi connectivity index (χ1n) is 23.2. The largest absolute Gasteiger partial charge is 0.497 e. The third-order valence-corrected chi connectivity index (χ3v) is 12.0. The quantitative estimate of drug-likeness (QED) is 0.0626. The third-order valence-electron chi connectivity index (χ3n) is 12.0. The minimum atomic E-state index is -1.15. The van der Waals surface area contributed by atoms with Crippen molar-refractivity contribution in [3.05, 3.63) is 209 Å². The summed E-state index contributed by atoms with van der Waals surface area (Å²) < 4.78 is 71.7. The first-order chi connectivity index (χ1) is 33.5. The van der Waals surface area contributed by atoms with E-state index in [1.165, 1.54) is 0 Å². The van der Waals surface area contributed by atoms with E-state index >= 15 is 0 Å². The van der Waals surface area contributed by atoms with Gasteiger partial charge in [-0.2, -0.15) is 0 Å². The number of methoxy groups -OCH3 is 2. The lowest BCUT2D eigenvalue weighted by Crippen LogP contribution is -2.63. The van der Waals surface area contributed by atoms with E-state index in [9.17, 15) is 5.11 Å². The summed E-state index contributed by atoms with van der Waals surface area (Å²) in [4.78, 5) is 0. The fourth-order valence-electron chi connectivity index (χ4n) is 8.34. The highest BCUT2D eigenvalue weighted by atomic mass is 16.7. The molecule has 12 nitrogen and oxygen atoms in total. The highest BCUT2D eigenvalue weighted by Gasteiger charge is 2.51. The molecule has 2 saturated heterocycles. The lowest BCUT2D eigenvalue weighted by atomic mass is 9.97. The van der Waals surface area contributed by atoms with E-state index in [4.69, 9.17) is 52.1 Å². The summed E-state index contributed by atoms with van der Waals surface area (Å²) in [5.41, 5.74) is 5.74. The van der Waals surface area contributed by atoms with Gasteiger partial charge in [0.2, 0.25) is 0 Å². The Balaban J connectivity index is 1.08. The van der Waals surface area contributed by atoms with Gasteiger partial charge in [0.25, 0.3) is 0 Å². The van der Waals surface area contributed by atoms with Crippen molar-refractivity contribution in [2.24, 2.45) is 0 Å². The third kappa shape index (κ3) is 13.9. The average Bonchev–Trinajstić information content (AvgIpc) is 3.40. The molecule has 2 aliphatic heterocycles. The number of aliphatic hydroxyl groups is 1. The van der Waals surface area contributed by atoms with Crippen molar-refractivity contribution in [2.75, 3.05) is 27.4 Å². The first-order valence-corrected chi connectivity index (χ1v) is 23.2. The molecule has 358 valence electrons. The normalized spacial score (nSPS) is 24.9. The molecule has 0 saturated carbocycles. The Morgan fingerprint density at radius 1 is 0.368 bits per heavy atom. The van der Waals surface area contributed by atoms with E-state index in [2.05, 4.69) is 0 Å². The molecular formula is C56H62O12.